The molecule has 0 spiro atoms. The summed E-state index contributed by atoms with van der Waals surface area (Å²) in [4.78, 5) is 30.0. The Hall–Kier alpha value is -3.52. The summed E-state index contributed by atoms with van der Waals surface area (Å²) in [6.45, 7) is 5.53. The lowest BCUT2D eigenvalue weighted by Crippen LogP contribution is -2.35. The number of ether oxygens (including phenoxy) is 3. The van der Waals surface area contributed by atoms with Crippen molar-refractivity contribution in [1.29, 1.82) is 0 Å². The fourth-order valence-corrected chi connectivity index (χ4v) is 4.79. The van der Waals surface area contributed by atoms with E-state index >= 15 is 0 Å². The summed E-state index contributed by atoms with van der Waals surface area (Å²) in [5.41, 5.74) is 2.18. The minimum Gasteiger partial charge on any atom is -0.507 e. The number of rotatable bonds is 10. The molecule has 2 aromatic rings. The Morgan fingerprint density at radius 1 is 1.16 bits per heavy atom. The van der Waals surface area contributed by atoms with Crippen molar-refractivity contribution in [3.8, 4) is 17.2 Å². The summed E-state index contributed by atoms with van der Waals surface area (Å²) in [5, 5.41) is 11.4. The van der Waals surface area contributed by atoms with Crippen LogP contribution < -0.4 is 14.2 Å². The number of aliphatic hydroxyl groups is 1. The molecule has 2 heterocycles. The van der Waals surface area contributed by atoms with E-state index in [1.54, 1.807) is 31.4 Å². The van der Waals surface area contributed by atoms with Crippen molar-refractivity contribution >= 4 is 17.4 Å². The van der Waals surface area contributed by atoms with Crippen molar-refractivity contribution in [2.75, 3.05) is 40.9 Å². The van der Waals surface area contributed by atoms with Crippen LogP contribution in [0.5, 0.6) is 17.2 Å². The van der Waals surface area contributed by atoms with E-state index in [0.29, 0.717) is 48.7 Å². The molecule has 0 bridgehead atoms. The molecule has 198 valence electrons. The number of likely N-dealkylation sites (tertiary alicyclic amines) is 1. The third-order valence-electron chi connectivity index (χ3n) is 6.76. The van der Waals surface area contributed by atoms with Crippen molar-refractivity contribution in [2.24, 2.45) is 0 Å². The molecule has 1 fully saturated rings. The van der Waals surface area contributed by atoms with Crippen LogP contribution in [0, 0.1) is 0 Å². The topological polar surface area (TPSA) is 88.5 Å². The van der Waals surface area contributed by atoms with E-state index in [2.05, 4.69) is 6.92 Å². The number of carbonyl (C=O) groups excluding carboxylic acids is 2. The third kappa shape index (κ3) is 5.44. The second kappa shape index (κ2) is 11.3. The predicted molar refractivity (Wildman–Crippen MR) is 141 cm³/mol. The number of carbonyl (C=O) groups is 2. The fourth-order valence-electron chi connectivity index (χ4n) is 4.79. The summed E-state index contributed by atoms with van der Waals surface area (Å²) in [6, 6.07) is 10.0. The summed E-state index contributed by atoms with van der Waals surface area (Å²) in [7, 11) is 5.37. The maximum absolute atomic E-state index is 13.3. The first kappa shape index (κ1) is 26.5. The number of aliphatic hydroxyl groups excluding tert-OH is 1. The molecular weight excluding hydrogens is 472 g/mol. The van der Waals surface area contributed by atoms with E-state index in [4.69, 9.17) is 14.2 Å². The van der Waals surface area contributed by atoms with Crippen molar-refractivity contribution < 1.29 is 28.9 Å². The van der Waals surface area contributed by atoms with Crippen LogP contribution >= 0.6 is 0 Å². The van der Waals surface area contributed by atoms with Gasteiger partial charge in [-0.2, -0.15) is 0 Å². The lowest BCUT2D eigenvalue weighted by molar-refractivity contribution is -0.140. The molecule has 37 heavy (non-hydrogen) atoms. The maximum Gasteiger partial charge on any atom is 0.295 e. The van der Waals surface area contributed by atoms with Crippen molar-refractivity contribution in [2.45, 2.75) is 45.3 Å². The molecule has 1 N–H and O–H groups in total. The molecule has 0 radical (unpaired) electrons. The normalized spacial score (nSPS) is 20.3. The molecule has 2 atom stereocenters. The fraction of sp³-hybridized carbons (Fsp3) is 0.448. The zero-order valence-electron chi connectivity index (χ0n) is 22.2. The molecule has 4 rings (SSSR count). The van der Waals surface area contributed by atoms with Gasteiger partial charge in [-0.3, -0.25) is 9.59 Å². The molecule has 8 nitrogen and oxygen atoms in total. The van der Waals surface area contributed by atoms with E-state index in [-0.39, 0.29) is 17.4 Å². The second-order valence-electron chi connectivity index (χ2n) is 9.86. The van der Waals surface area contributed by atoms with Gasteiger partial charge in [-0.15, -0.1) is 0 Å². The van der Waals surface area contributed by atoms with Gasteiger partial charge in [0.05, 0.1) is 25.3 Å². The Bertz CT molecular complexity index is 1200. The Kier molecular flexibility index (Phi) is 8.07. The number of amides is 1. The van der Waals surface area contributed by atoms with Crippen molar-refractivity contribution in [1.82, 2.24) is 9.80 Å². The van der Waals surface area contributed by atoms with Crippen LogP contribution in [0.15, 0.2) is 42.0 Å². The van der Waals surface area contributed by atoms with E-state index in [9.17, 15) is 14.7 Å². The van der Waals surface area contributed by atoms with Crippen LogP contribution in [-0.2, 0) is 16.0 Å². The molecule has 2 unspecified atom stereocenters. The average molecular weight is 509 g/mol. The number of fused-ring (bicyclic) bond motifs is 1. The van der Waals surface area contributed by atoms with Gasteiger partial charge in [0.2, 0.25) is 0 Å². The minimum atomic E-state index is -0.762. The van der Waals surface area contributed by atoms with Crippen LogP contribution in [-0.4, -0.2) is 73.6 Å². The van der Waals surface area contributed by atoms with Gasteiger partial charge >= 0.3 is 0 Å². The molecule has 2 aliphatic rings. The molecule has 2 aliphatic heterocycles. The largest absolute Gasteiger partial charge is 0.507 e. The summed E-state index contributed by atoms with van der Waals surface area (Å²) < 4.78 is 17.2. The Morgan fingerprint density at radius 3 is 2.65 bits per heavy atom. The Morgan fingerprint density at radius 2 is 1.95 bits per heavy atom. The number of unbranched alkanes of at least 4 members (excludes halogenated alkanes) is 1. The standard InChI is InChI=1S/C29H36N2O6/c1-6-7-14-36-23-11-8-19(17-24(23)35-5)26-25(28(33)29(34)31(26)13-12-30(3)4)27(32)20-9-10-22-21(16-20)15-18(2)37-22/h8-11,16-18,26,32H,6-7,12-15H2,1-5H3. The van der Waals surface area contributed by atoms with Crippen LogP contribution in [0.25, 0.3) is 5.76 Å². The second-order valence-corrected chi connectivity index (χ2v) is 9.86. The van der Waals surface area contributed by atoms with Gasteiger partial charge in [0.25, 0.3) is 11.7 Å². The number of hydrogen-bond donors (Lipinski definition) is 1. The lowest BCUT2D eigenvalue weighted by Gasteiger charge is -2.27. The smallest absolute Gasteiger partial charge is 0.295 e. The lowest BCUT2D eigenvalue weighted by atomic mass is 9.94. The summed E-state index contributed by atoms with van der Waals surface area (Å²) in [5.74, 6) is 0.353. The minimum absolute atomic E-state index is 0.0505. The van der Waals surface area contributed by atoms with Crippen LogP contribution in [0.1, 0.15) is 49.4 Å². The van der Waals surface area contributed by atoms with E-state index in [1.165, 1.54) is 4.90 Å². The summed E-state index contributed by atoms with van der Waals surface area (Å²) in [6.07, 6.45) is 2.69. The molecule has 2 aromatic carbocycles. The highest BCUT2D eigenvalue weighted by Crippen LogP contribution is 2.42. The van der Waals surface area contributed by atoms with Crippen LogP contribution in [0.3, 0.4) is 0 Å². The van der Waals surface area contributed by atoms with Gasteiger partial charge in [-0.1, -0.05) is 19.4 Å². The van der Waals surface area contributed by atoms with Crippen molar-refractivity contribution in [3.63, 3.8) is 0 Å². The van der Waals surface area contributed by atoms with Crippen LogP contribution in [0.2, 0.25) is 0 Å². The molecule has 8 heteroatoms. The third-order valence-corrected chi connectivity index (χ3v) is 6.76. The number of nitrogens with zero attached hydrogens (tertiary/aromatic N) is 2. The number of methoxy groups -OCH3 is 1. The molecule has 0 aromatic heterocycles. The molecule has 1 amide bonds. The summed E-state index contributed by atoms with van der Waals surface area (Å²) >= 11 is 0. The van der Waals surface area contributed by atoms with Gasteiger partial charge in [0, 0.05) is 25.1 Å². The number of ketones is 1. The highest BCUT2D eigenvalue weighted by atomic mass is 16.5. The highest BCUT2D eigenvalue weighted by Gasteiger charge is 2.46. The molecule has 0 saturated carbocycles. The monoisotopic (exact) mass is 508 g/mol. The highest BCUT2D eigenvalue weighted by molar-refractivity contribution is 6.46. The van der Waals surface area contributed by atoms with Crippen molar-refractivity contribution in [3.05, 3.63) is 58.7 Å². The maximum atomic E-state index is 13.3. The van der Waals surface area contributed by atoms with Gasteiger partial charge in [0.1, 0.15) is 17.6 Å². The van der Waals surface area contributed by atoms with Gasteiger partial charge in [-0.05, 0) is 68.9 Å². The van der Waals surface area contributed by atoms with Gasteiger partial charge in [0.15, 0.2) is 11.5 Å². The van der Waals surface area contributed by atoms with E-state index < -0.39 is 17.7 Å². The van der Waals surface area contributed by atoms with E-state index in [0.717, 1.165) is 24.2 Å². The molecular formula is C29H36N2O6. The predicted octanol–water partition coefficient (Wildman–Crippen LogP) is 4.18. The van der Waals surface area contributed by atoms with Gasteiger partial charge in [-0.25, -0.2) is 0 Å². The zero-order valence-corrected chi connectivity index (χ0v) is 22.2. The first-order chi connectivity index (χ1) is 17.7. The Labute approximate surface area is 218 Å². The number of hydrogen-bond acceptors (Lipinski definition) is 7. The zero-order chi connectivity index (χ0) is 26.7. The van der Waals surface area contributed by atoms with Gasteiger partial charge < -0.3 is 29.1 Å². The molecule has 1 saturated heterocycles. The first-order valence-electron chi connectivity index (χ1n) is 12.8. The number of likely N-dealkylation sites (N-methyl/N-ethyl adjacent to an activating group) is 1. The van der Waals surface area contributed by atoms with Crippen LogP contribution in [0.4, 0.5) is 0 Å². The Balaban J connectivity index is 1.79. The SMILES string of the molecule is CCCCOc1ccc(C2C(=C(O)c3ccc4c(c3)CC(C)O4)C(=O)C(=O)N2CCN(C)C)cc1OC. The average Bonchev–Trinajstić information content (AvgIpc) is 3.37. The first-order valence-corrected chi connectivity index (χ1v) is 12.8. The van der Waals surface area contributed by atoms with E-state index in [1.807, 2.05) is 38.1 Å². The quantitative estimate of drug-likeness (QED) is 0.223. The number of benzene rings is 2. The number of Topliss-reactive ketones (excluding diaryl/α,β-unsaturated/α-hetero) is 1. The molecule has 0 aliphatic carbocycles.